The van der Waals surface area contributed by atoms with Gasteiger partial charge in [0.2, 0.25) is 0 Å². The first kappa shape index (κ1) is 15.5. The van der Waals surface area contributed by atoms with Crippen LogP contribution in [0.3, 0.4) is 0 Å². The van der Waals surface area contributed by atoms with Crippen molar-refractivity contribution in [1.82, 2.24) is 5.32 Å². The minimum Gasteiger partial charge on any atom is -0.480 e. The monoisotopic (exact) mass is 310 g/mol. The number of hydrogen-bond donors (Lipinski definition) is 3. The summed E-state index contributed by atoms with van der Waals surface area (Å²) in [7, 11) is 0. The first-order valence-corrected chi connectivity index (χ1v) is 7.89. The molecular weight excluding hydrogens is 292 g/mol. The fourth-order valence-corrected chi connectivity index (χ4v) is 3.13. The van der Waals surface area contributed by atoms with Crippen LogP contribution in [0.1, 0.15) is 12.8 Å². The second kappa shape index (κ2) is 7.78. The molecule has 0 atom stereocenters. The SMILES string of the molecule is O=C(O)COc1ccccc1NC(=O)NC1CCSCC1. The van der Waals surface area contributed by atoms with E-state index in [-0.39, 0.29) is 12.1 Å². The Kier molecular flexibility index (Phi) is 5.74. The smallest absolute Gasteiger partial charge is 0.341 e. The highest BCUT2D eigenvalue weighted by atomic mass is 32.2. The maximum Gasteiger partial charge on any atom is 0.341 e. The first-order valence-electron chi connectivity index (χ1n) is 6.74. The number of nitrogens with one attached hydrogen (secondary N) is 2. The van der Waals surface area contributed by atoms with Crippen molar-refractivity contribution in [2.45, 2.75) is 18.9 Å². The minimum atomic E-state index is -1.06. The fraction of sp³-hybridized carbons (Fsp3) is 0.429. The van der Waals surface area contributed by atoms with Crippen molar-refractivity contribution in [3.8, 4) is 5.75 Å². The van der Waals surface area contributed by atoms with Gasteiger partial charge in [-0.3, -0.25) is 0 Å². The number of ether oxygens (including phenoxy) is 1. The number of rotatable bonds is 5. The number of amides is 2. The van der Waals surface area contributed by atoms with Gasteiger partial charge in [0.05, 0.1) is 5.69 Å². The number of para-hydroxylation sites is 2. The summed E-state index contributed by atoms with van der Waals surface area (Å²) >= 11 is 1.89. The molecule has 0 unspecified atom stereocenters. The standard InChI is InChI=1S/C14H18N2O4S/c17-13(18)9-20-12-4-2-1-3-11(12)16-14(19)15-10-5-7-21-8-6-10/h1-4,10H,5-9H2,(H,17,18)(H2,15,16,19). The van der Waals surface area contributed by atoms with Crippen molar-refractivity contribution in [3.05, 3.63) is 24.3 Å². The Morgan fingerprint density at radius 1 is 1.29 bits per heavy atom. The Balaban J connectivity index is 1.91. The molecule has 2 rings (SSSR count). The lowest BCUT2D eigenvalue weighted by Gasteiger charge is -2.23. The van der Waals surface area contributed by atoms with Gasteiger partial charge < -0.3 is 20.5 Å². The highest BCUT2D eigenvalue weighted by Crippen LogP contribution is 2.24. The number of hydrogen-bond acceptors (Lipinski definition) is 4. The Labute approximate surface area is 127 Å². The molecule has 0 aromatic heterocycles. The number of anilines is 1. The number of carbonyl (C=O) groups is 2. The van der Waals surface area contributed by atoms with Gasteiger partial charge in [-0.25, -0.2) is 9.59 Å². The molecule has 0 radical (unpaired) electrons. The second-order valence-corrected chi connectivity index (χ2v) is 5.89. The van der Waals surface area contributed by atoms with Crippen molar-refractivity contribution in [3.63, 3.8) is 0 Å². The van der Waals surface area contributed by atoms with Crippen LogP contribution in [-0.2, 0) is 4.79 Å². The van der Waals surface area contributed by atoms with Gasteiger partial charge in [-0.1, -0.05) is 12.1 Å². The third-order valence-corrected chi connectivity index (χ3v) is 4.09. The molecule has 0 spiro atoms. The molecule has 2 amide bonds. The van der Waals surface area contributed by atoms with Gasteiger partial charge in [-0.15, -0.1) is 0 Å². The summed E-state index contributed by atoms with van der Waals surface area (Å²) in [6, 6.07) is 6.67. The average molecular weight is 310 g/mol. The first-order chi connectivity index (χ1) is 10.1. The van der Waals surface area contributed by atoms with E-state index < -0.39 is 12.6 Å². The normalized spacial score (nSPS) is 15.2. The topological polar surface area (TPSA) is 87.7 Å². The molecule has 1 fully saturated rings. The summed E-state index contributed by atoms with van der Waals surface area (Å²) in [6.07, 6.45) is 1.94. The summed E-state index contributed by atoms with van der Waals surface area (Å²) in [5.41, 5.74) is 0.460. The molecule has 1 aromatic carbocycles. The van der Waals surface area contributed by atoms with Crippen LogP contribution in [-0.4, -0.2) is 41.3 Å². The predicted molar refractivity (Wildman–Crippen MR) is 82.1 cm³/mol. The van der Waals surface area contributed by atoms with Crippen molar-refractivity contribution in [2.75, 3.05) is 23.4 Å². The number of thioether (sulfide) groups is 1. The maximum atomic E-state index is 12.0. The lowest BCUT2D eigenvalue weighted by molar-refractivity contribution is -0.139. The van der Waals surface area contributed by atoms with Crippen molar-refractivity contribution < 1.29 is 19.4 Å². The van der Waals surface area contributed by atoms with Gasteiger partial charge in [-0.05, 0) is 36.5 Å². The Bertz CT molecular complexity index is 504. The summed E-state index contributed by atoms with van der Waals surface area (Å²) in [6.45, 7) is -0.444. The number of carboxylic acid groups (broad SMARTS) is 1. The highest BCUT2D eigenvalue weighted by Gasteiger charge is 2.16. The molecular formula is C14H18N2O4S. The largest absolute Gasteiger partial charge is 0.480 e. The molecule has 114 valence electrons. The number of urea groups is 1. The lowest BCUT2D eigenvalue weighted by Crippen LogP contribution is -2.40. The van der Waals surface area contributed by atoms with E-state index in [1.807, 2.05) is 11.8 Å². The van der Waals surface area contributed by atoms with E-state index in [2.05, 4.69) is 10.6 Å². The van der Waals surface area contributed by atoms with Crippen LogP contribution in [0.5, 0.6) is 5.75 Å². The Hall–Kier alpha value is -1.89. The van der Waals surface area contributed by atoms with Crippen LogP contribution in [0.15, 0.2) is 24.3 Å². The number of carboxylic acids is 1. The third kappa shape index (κ3) is 5.18. The van der Waals surface area contributed by atoms with Gasteiger partial charge >= 0.3 is 12.0 Å². The zero-order chi connectivity index (χ0) is 15.1. The van der Waals surface area contributed by atoms with E-state index in [9.17, 15) is 9.59 Å². The zero-order valence-electron chi connectivity index (χ0n) is 11.5. The average Bonchev–Trinajstić information content (AvgIpc) is 2.47. The van der Waals surface area contributed by atoms with Crippen molar-refractivity contribution in [1.29, 1.82) is 0 Å². The Morgan fingerprint density at radius 2 is 2.00 bits per heavy atom. The fourth-order valence-electron chi connectivity index (χ4n) is 2.02. The quantitative estimate of drug-likeness (QED) is 0.776. The van der Waals surface area contributed by atoms with Crippen LogP contribution >= 0.6 is 11.8 Å². The molecule has 0 saturated carbocycles. The van der Waals surface area contributed by atoms with Gasteiger partial charge in [0.15, 0.2) is 6.61 Å². The van der Waals surface area contributed by atoms with Crippen LogP contribution in [0, 0.1) is 0 Å². The van der Waals surface area contributed by atoms with Crippen molar-refractivity contribution in [2.24, 2.45) is 0 Å². The molecule has 1 heterocycles. The van der Waals surface area contributed by atoms with E-state index >= 15 is 0 Å². The van der Waals surface area contributed by atoms with E-state index in [1.165, 1.54) is 0 Å². The molecule has 21 heavy (non-hydrogen) atoms. The lowest BCUT2D eigenvalue weighted by atomic mass is 10.2. The number of aliphatic carboxylic acids is 1. The minimum absolute atomic E-state index is 0.193. The molecule has 1 saturated heterocycles. The second-order valence-electron chi connectivity index (χ2n) is 4.66. The molecule has 0 aliphatic carbocycles. The van der Waals surface area contributed by atoms with Gasteiger partial charge in [-0.2, -0.15) is 11.8 Å². The van der Waals surface area contributed by atoms with Gasteiger partial charge in [0.25, 0.3) is 0 Å². The van der Waals surface area contributed by atoms with Gasteiger partial charge in [0.1, 0.15) is 5.75 Å². The summed E-state index contributed by atoms with van der Waals surface area (Å²) in [5.74, 6) is 1.40. The van der Waals surface area contributed by atoms with E-state index in [4.69, 9.17) is 9.84 Å². The summed E-state index contributed by atoms with van der Waals surface area (Å²) < 4.78 is 5.14. The predicted octanol–water partition coefficient (Wildman–Crippen LogP) is 2.17. The third-order valence-electron chi connectivity index (χ3n) is 3.04. The molecule has 3 N–H and O–H groups in total. The van der Waals surface area contributed by atoms with E-state index in [0.29, 0.717) is 11.4 Å². The molecule has 6 nitrogen and oxygen atoms in total. The van der Waals surface area contributed by atoms with Crippen LogP contribution in [0.4, 0.5) is 10.5 Å². The van der Waals surface area contributed by atoms with Crippen LogP contribution in [0.2, 0.25) is 0 Å². The highest BCUT2D eigenvalue weighted by molar-refractivity contribution is 7.99. The van der Waals surface area contributed by atoms with Crippen LogP contribution in [0.25, 0.3) is 0 Å². The van der Waals surface area contributed by atoms with Gasteiger partial charge in [0, 0.05) is 6.04 Å². The molecule has 1 aromatic rings. The van der Waals surface area contributed by atoms with E-state index in [0.717, 1.165) is 24.3 Å². The molecule has 0 bridgehead atoms. The van der Waals surface area contributed by atoms with E-state index in [1.54, 1.807) is 24.3 Å². The summed E-state index contributed by atoms with van der Waals surface area (Å²) in [4.78, 5) is 22.5. The zero-order valence-corrected chi connectivity index (χ0v) is 12.3. The van der Waals surface area contributed by atoms with Crippen molar-refractivity contribution >= 4 is 29.4 Å². The summed E-state index contributed by atoms with van der Waals surface area (Å²) in [5, 5.41) is 14.3. The maximum absolute atomic E-state index is 12.0. The van der Waals surface area contributed by atoms with Crippen LogP contribution < -0.4 is 15.4 Å². The number of carbonyl (C=O) groups excluding carboxylic acids is 1. The molecule has 7 heteroatoms. The molecule has 1 aliphatic rings. The Morgan fingerprint density at radius 3 is 2.71 bits per heavy atom. The molecule has 1 aliphatic heterocycles. The number of benzene rings is 1.